The van der Waals surface area contributed by atoms with Gasteiger partial charge in [0, 0.05) is 36.3 Å². The van der Waals surface area contributed by atoms with E-state index in [0.717, 1.165) is 36.1 Å². The zero-order chi connectivity index (χ0) is 25.4. The fraction of sp³-hybridized carbons (Fsp3) is 0.593. The fourth-order valence-electron chi connectivity index (χ4n) is 5.12. The van der Waals surface area contributed by atoms with Gasteiger partial charge in [0.25, 0.3) is 5.91 Å². The van der Waals surface area contributed by atoms with Gasteiger partial charge in [0.15, 0.2) is 5.84 Å². The molecular formula is C27H37N5O3. The van der Waals surface area contributed by atoms with Crippen molar-refractivity contribution >= 4 is 23.0 Å². The van der Waals surface area contributed by atoms with Crippen LogP contribution in [0.15, 0.2) is 29.3 Å². The summed E-state index contributed by atoms with van der Waals surface area (Å²) in [5.74, 6) is -0.149. The molecule has 3 atom stereocenters. The van der Waals surface area contributed by atoms with Crippen molar-refractivity contribution in [3.05, 3.63) is 35.4 Å². The van der Waals surface area contributed by atoms with Gasteiger partial charge < -0.3 is 20.8 Å². The zero-order valence-electron chi connectivity index (χ0n) is 21.1. The number of rotatable bonds is 6. The fourth-order valence-corrected chi connectivity index (χ4v) is 5.12. The summed E-state index contributed by atoms with van der Waals surface area (Å²) in [7, 11) is 0. The smallest absolute Gasteiger partial charge is 0.290 e. The number of hydrogen-bond donors (Lipinski definition) is 4. The van der Waals surface area contributed by atoms with Gasteiger partial charge >= 0.3 is 0 Å². The Morgan fingerprint density at radius 1 is 1.31 bits per heavy atom. The standard InChI is InChI=1S/C27H37N5O3/c1-26(2)9-7-17(8-10-26)20-11-18(27(3,4)16-32-14-22(33)23(34)15-32)5-6-21(20)31-25(35)24-29-13-19(12-28)30-24/h5-7,11,19,22-23,33-34H,8-10,13-16H2,1-4H3,(H,29,30)(H,31,35)/t19?,22-,23+. The second-order valence-corrected chi connectivity index (χ2v) is 11.5. The van der Waals surface area contributed by atoms with Gasteiger partial charge in [0.1, 0.15) is 6.04 Å². The number of nitrogens with one attached hydrogen (secondary N) is 2. The summed E-state index contributed by atoms with van der Waals surface area (Å²) in [5.41, 5.74) is 4.13. The molecule has 0 saturated carbocycles. The second-order valence-electron chi connectivity index (χ2n) is 11.5. The van der Waals surface area contributed by atoms with Crippen LogP contribution >= 0.6 is 0 Å². The van der Waals surface area contributed by atoms with Crippen LogP contribution in [0, 0.1) is 16.7 Å². The van der Waals surface area contributed by atoms with Crippen molar-refractivity contribution in [2.75, 3.05) is 31.5 Å². The van der Waals surface area contributed by atoms with Crippen LogP contribution in [-0.4, -0.2) is 71.3 Å². The van der Waals surface area contributed by atoms with Crippen LogP contribution in [0.25, 0.3) is 5.57 Å². The van der Waals surface area contributed by atoms with Crippen LogP contribution in [-0.2, 0) is 10.2 Å². The Morgan fingerprint density at radius 2 is 2.03 bits per heavy atom. The predicted molar refractivity (Wildman–Crippen MR) is 137 cm³/mol. The molecule has 2 heterocycles. The minimum Gasteiger partial charge on any atom is -0.389 e. The number of allylic oxidation sites excluding steroid dienone is 2. The van der Waals surface area contributed by atoms with E-state index < -0.39 is 18.2 Å². The molecule has 0 spiro atoms. The molecule has 0 bridgehead atoms. The Morgan fingerprint density at radius 3 is 2.63 bits per heavy atom. The van der Waals surface area contributed by atoms with Gasteiger partial charge in [-0.2, -0.15) is 5.26 Å². The molecular weight excluding hydrogens is 442 g/mol. The summed E-state index contributed by atoms with van der Waals surface area (Å²) in [5, 5.41) is 34.9. The highest BCUT2D eigenvalue weighted by molar-refractivity contribution is 6.42. The highest BCUT2D eigenvalue weighted by atomic mass is 16.3. The first kappa shape index (κ1) is 25.4. The number of carbonyl (C=O) groups is 1. The van der Waals surface area contributed by atoms with Crippen LogP contribution in [0.4, 0.5) is 5.69 Å². The minimum atomic E-state index is -0.706. The molecule has 0 radical (unpaired) electrons. The van der Waals surface area contributed by atoms with E-state index in [2.05, 4.69) is 66.4 Å². The van der Waals surface area contributed by atoms with E-state index in [1.807, 2.05) is 12.1 Å². The molecule has 188 valence electrons. The number of likely N-dealkylation sites (tertiary alicyclic amines) is 1. The first-order valence-corrected chi connectivity index (χ1v) is 12.4. The van der Waals surface area contributed by atoms with E-state index in [1.165, 1.54) is 5.57 Å². The molecule has 1 unspecified atom stereocenters. The van der Waals surface area contributed by atoms with Crippen molar-refractivity contribution in [2.45, 2.75) is 70.6 Å². The van der Waals surface area contributed by atoms with Gasteiger partial charge in [-0.05, 0) is 47.9 Å². The normalized spacial score (nSPS) is 26.5. The summed E-state index contributed by atoms with van der Waals surface area (Å²) < 4.78 is 0. The number of benzene rings is 1. The van der Waals surface area contributed by atoms with E-state index >= 15 is 0 Å². The average Bonchev–Trinajstić information content (AvgIpc) is 3.40. The molecule has 8 nitrogen and oxygen atoms in total. The molecule has 1 aliphatic carbocycles. The van der Waals surface area contributed by atoms with E-state index in [9.17, 15) is 15.0 Å². The van der Waals surface area contributed by atoms with Crippen LogP contribution in [0.5, 0.6) is 0 Å². The lowest BCUT2D eigenvalue weighted by Crippen LogP contribution is -2.37. The van der Waals surface area contributed by atoms with Crippen LogP contribution in [0.3, 0.4) is 0 Å². The first-order valence-electron chi connectivity index (χ1n) is 12.4. The van der Waals surface area contributed by atoms with Crippen LogP contribution < -0.4 is 10.6 Å². The summed E-state index contributed by atoms with van der Waals surface area (Å²) in [6.45, 7) is 10.8. The maximum atomic E-state index is 12.9. The van der Waals surface area contributed by atoms with Crippen LogP contribution in [0.1, 0.15) is 58.1 Å². The molecule has 1 fully saturated rings. The lowest BCUT2D eigenvalue weighted by atomic mass is 9.75. The lowest BCUT2D eigenvalue weighted by molar-refractivity contribution is -0.110. The molecule has 1 aromatic carbocycles. The predicted octanol–water partition coefficient (Wildman–Crippen LogP) is 2.43. The molecule has 4 rings (SSSR count). The number of nitriles is 1. The minimum absolute atomic E-state index is 0.191. The van der Waals surface area contributed by atoms with Gasteiger partial charge in [-0.3, -0.25) is 14.7 Å². The number of amidine groups is 1. The molecule has 1 amide bonds. The van der Waals surface area contributed by atoms with E-state index in [0.29, 0.717) is 19.6 Å². The van der Waals surface area contributed by atoms with Crippen LogP contribution in [0.2, 0.25) is 0 Å². The summed E-state index contributed by atoms with van der Waals surface area (Å²) in [6, 6.07) is 7.79. The monoisotopic (exact) mass is 479 g/mol. The lowest BCUT2D eigenvalue weighted by Gasteiger charge is -2.33. The number of nitrogens with zero attached hydrogens (tertiary/aromatic N) is 3. The van der Waals surface area contributed by atoms with Crippen molar-refractivity contribution in [3.63, 3.8) is 0 Å². The van der Waals surface area contributed by atoms with Gasteiger partial charge in [0.05, 0.1) is 24.8 Å². The molecule has 1 aromatic rings. The molecule has 2 aliphatic heterocycles. The first-order chi connectivity index (χ1) is 16.5. The highest BCUT2D eigenvalue weighted by Crippen LogP contribution is 2.41. The maximum Gasteiger partial charge on any atom is 0.290 e. The number of aliphatic imine (C=N–C) groups is 1. The van der Waals surface area contributed by atoms with Gasteiger partial charge in [-0.1, -0.05) is 39.8 Å². The van der Waals surface area contributed by atoms with Gasteiger partial charge in [-0.25, -0.2) is 0 Å². The number of amides is 1. The van der Waals surface area contributed by atoms with E-state index in [4.69, 9.17) is 5.26 Å². The van der Waals surface area contributed by atoms with Crippen molar-refractivity contribution < 1.29 is 15.0 Å². The topological polar surface area (TPSA) is 121 Å². The van der Waals surface area contributed by atoms with Crippen molar-refractivity contribution in [3.8, 4) is 6.07 Å². The third-order valence-electron chi connectivity index (χ3n) is 7.43. The number of anilines is 1. The Balaban J connectivity index is 1.61. The SMILES string of the molecule is CC1(C)CC=C(c2cc(C(C)(C)CN3C[C@@H](O)[C@@H](O)C3)ccc2NC(=O)C2=NCC(C#N)N2)CC1. The molecule has 0 aromatic heterocycles. The summed E-state index contributed by atoms with van der Waals surface area (Å²) in [6.07, 6.45) is 3.85. The quantitative estimate of drug-likeness (QED) is 0.497. The summed E-state index contributed by atoms with van der Waals surface area (Å²) in [4.78, 5) is 19.2. The number of aliphatic hydroxyl groups excluding tert-OH is 2. The molecule has 3 aliphatic rings. The Labute approximate surface area is 207 Å². The molecule has 4 N–H and O–H groups in total. The van der Waals surface area contributed by atoms with E-state index in [-0.39, 0.29) is 29.1 Å². The number of aliphatic hydroxyl groups is 2. The zero-order valence-corrected chi connectivity index (χ0v) is 21.1. The van der Waals surface area contributed by atoms with Crippen molar-refractivity contribution in [2.24, 2.45) is 10.4 Å². The molecule has 35 heavy (non-hydrogen) atoms. The highest BCUT2D eigenvalue weighted by Gasteiger charge is 2.34. The van der Waals surface area contributed by atoms with Crippen molar-refractivity contribution in [1.29, 1.82) is 5.26 Å². The third-order valence-corrected chi connectivity index (χ3v) is 7.43. The number of β-amino-alcohol motifs (C(OH)–C–C–N with tert-alkyl or cyclic N) is 2. The number of hydrogen-bond acceptors (Lipinski definition) is 7. The molecule has 8 heteroatoms. The largest absolute Gasteiger partial charge is 0.389 e. The Bertz CT molecular complexity index is 1070. The van der Waals surface area contributed by atoms with E-state index in [1.54, 1.807) is 0 Å². The van der Waals surface area contributed by atoms with Crippen molar-refractivity contribution in [1.82, 2.24) is 10.2 Å². The summed E-state index contributed by atoms with van der Waals surface area (Å²) >= 11 is 0. The molecule has 1 saturated heterocycles. The Hall–Kier alpha value is -2.73. The third kappa shape index (κ3) is 5.75. The average molecular weight is 480 g/mol. The Kier molecular flexibility index (Phi) is 7.05. The van der Waals surface area contributed by atoms with Gasteiger partial charge in [-0.15, -0.1) is 0 Å². The number of carbonyl (C=O) groups excluding carboxylic acids is 1. The second kappa shape index (κ2) is 9.73. The van der Waals surface area contributed by atoms with Gasteiger partial charge in [0.2, 0.25) is 0 Å². The maximum absolute atomic E-state index is 12.9.